The summed E-state index contributed by atoms with van der Waals surface area (Å²) in [7, 11) is -3.85. The van der Waals surface area contributed by atoms with Crippen LogP contribution in [0.25, 0.3) is 33.3 Å². The molecule has 4 aromatic heterocycles. The molecule has 0 saturated carbocycles. The fourth-order valence-electron chi connectivity index (χ4n) is 3.90. The number of pyridine rings is 1. The van der Waals surface area contributed by atoms with Crippen molar-refractivity contribution in [1.82, 2.24) is 23.9 Å². The number of fused-ring (bicyclic) bond motifs is 1. The van der Waals surface area contributed by atoms with Crippen LogP contribution in [0.2, 0.25) is 0 Å². The Morgan fingerprint density at radius 3 is 2.47 bits per heavy atom. The van der Waals surface area contributed by atoms with E-state index in [0.29, 0.717) is 28.9 Å². The molecule has 162 valence electrons. The Balaban J connectivity index is 1.80. The van der Waals surface area contributed by atoms with Gasteiger partial charge in [0, 0.05) is 47.4 Å². The van der Waals surface area contributed by atoms with Crippen molar-refractivity contribution >= 4 is 21.1 Å². The second kappa shape index (κ2) is 7.45. The van der Waals surface area contributed by atoms with Gasteiger partial charge in [0.2, 0.25) is 0 Å². The lowest BCUT2D eigenvalue weighted by atomic mass is 10.1. The van der Waals surface area contributed by atoms with Gasteiger partial charge in [0.1, 0.15) is 5.76 Å². The molecule has 1 aromatic carbocycles. The summed E-state index contributed by atoms with van der Waals surface area (Å²) in [6, 6.07) is 10.2. The van der Waals surface area contributed by atoms with E-state index in [1.807, 2.05) is 33.0 Å². The Bertz CT molecular complexity index is 1530. The summed E-state index contributed by atoms with van der Waals surface area (Å²) < 4.78 is 35.5. The molecule has 0 aliphatic carbocycles. The van der Waals surface area contributed by atoms with Crippen LogP contribution in [0, 0.1) is 13.8 Å². The quantitative estimate of drug-likeness (QED) is 0.395. The third-order valence-corrected chi connectivity index (χ3v) is 7.18. The van der Waals surface area contributed by atoms with Gasteiger partial charge in [-0.1, -0.05) is 23.4 Å². The van der Waals surface area contributed by atoms with Gasteiger partial charge >= 0.3 is 0 Å². The van der Waals surface area contributed by atoms with Crippen LogP contribution < -0.4 is 0 Å². The summed E-state index contributed by atoms with van der Waals surface area (Å²) in [5.74, 6) is 0.650. The van der Waals surface area contributed by atoms with Crippen molar-refractivity contribution in [3.63, 3.8) is 0 Å². The van der Waals surface area contributed by atoms with Crippen molar-refractivity contribution in [2.75, 3.05) is 0 Å². The topological polar surface area (TPSA) is 95.8 Å². The molecule has 5 rings (SSSR count). The first-order valence-corrected chi connectivity index (χ1v) is 11.6. The lowest BCUT2D eigenvalue weighted by Crippen LogP contribution is -2.11. The second-order valence-electron chi connectivity index (χ2n) is 7.53. The molecule has 8 nitrogen and oxygen atoms in total. The van der Waals surface area contributed by atoms with Crippen molar-refractivity contribution in [2.45, 2.75) is 32.2 Å². The molecule has 4 heterocycles. The largest absolute Gasteiger partial charge is 0.361 e. The second-order valence-corrected chi connectivity index (χ2v) is 9.35. The summed E-state index contributed by atoms with van der Waals surface area (Å²) in [6.45, 7) is 6.38. The summed E-state index contributed by atoms with van der Waals surface area (Å²) in [6.07, 6.45) is 6.95. The smallest absolute Gasteiger partial charge is 0.268 e. The minimum absolute atomic E-state index is 0.204. The summed E-state index contributed by atoms with van der Waals surface area (Å²) in [5.41, 5.74) is 4.83. The Labute approximate surface area is 185 Å². The van der Waals surface area contributed by atoms with E-state index in [4.69, 9.17) is 4.52 Å². The van der Waals surface area contributed by atoms with E-state index >= 15 is 0 Å². The van der Waals surface area contributed by atoms with Gasteiger partial charge in [-0.25, -0.2) is 12.4 Å². The highest BCUT2D eigenvalue weighted by Gasteiger charge is 2.24. The number of nitrogens with zero attached hydrogens (tertiary/aromatic N) is 5. The highest BCUT2D eigenvalue weighted by molar-refractivity contribution is 7.90. The summed E-state index contributed by atoms with van der Waals surface area (Å²) in [4.78, 5) is 4.87. The normalized spacial score (nSPS) is 12.0. The van der Waals surface area contributed by atoms with Gasteiger partial charge < -0.3 is 4.52 Å². The van der Waals surface area contributed by atoms with Crippen LogP contribution in [0.4, 0.5) is 0 Å². The fourth-order valence-corrected chi connectivity index (χ4v) is 5.27. The van der Waals surface area contributed by atoms with Crippen molar-refractivity contribution in [2.24, 2.45) is 0 Å². The molecular formula is C23H21N5O3S. The highest BCUT2D eigenvalue weighted by Crippen LogP contribution is 2.35. The molecule has 0 radical (unpaired) electrons. The van der Waals surface area contributed by atoms with Crippen LogP contribution in [-0.2, 0) is 16.6 Å². The average molecular weight is 448 g/mol. The maximum Gasteiger partial charge on any atom is 0.268 e. The molecule has 0 spiro atoms. The SMILES string of the molecule is CCn1cc(-c2cn(S(=O)(=O)c3ccccc3)c3cc(-c4c(C)noc4C)cnc23)cn1. The Morgan fingerprint density at radius 2 is 1.81 bits per heavy atom. The zero-order chi connectivity index (χ0) is 22.5. The van der Waals surface area contributed by atoms with Gasteiger partial charge in [-0.2, -0.15) is 5.10 Å². The van der Waals surface area contributed by atoms with Gasteiger partial charge in [0.05, 0.1) is 27.8 Å². The lowest BCUT2D eigenvalue weighted by molar-refractivity contribution is 0.393. The van der Waals surface area contributed by atoms with Gasteiger partial charge in [0.25, 0.3) is 10.0 Å². The molecule has 0 N–H and O–H groups in total. The zero-order valence-corrected chi connectivity index (χ0v) is 18.7. The summed E-state index contributed by atoms with van der Waals surface area (Å²) in [5, 5.41) is 8.36. The first-order chi connectivity index (χ1) is 15.4. The lowest BCUT2D eigenvalue weighted by Gasteiger charge is -2.08. The molecule has 0 aliphatic rings. The van der Waals surface area contributed by atoms with Crippen LogP contribution in [0.3, 0.4) is 0 Å². The molecule has 0 bridgehead atoms. The van der Waals surface area contributed by atoms with Gasteiger partial charge in [-0.3, -0.25) is 9.67 Å². The van der Waals surface area contributed by atoms with E-state index < -0.39 is 10.0 Å². The Hall–Kier alpha value is -3.72. The first kappa shape index (κ1) is 20.2. The van der Waals surface area contributed by atoms with Crippen LogP contribution >= 0.6 is 0 Å². The van der Waals surface area contributed by atoms with E-state index in [9.17, 15) is 8.42 Å². The molecule has 0 atom stereocenters. The maximum atomic E-state index is 13.6. The molecule has 32 heavy (non-hydrogen) atoms. The predicted octanol–water partition coefficient (Wildman–Crippen LogP) is 4.43. The Kier molecular flexibility index (Phi) is 4.70. The number of hydrogen-bond acceptors (Lipinski definition) is 6. The van der Waals surface area contributed by atoms with E-state index in [1.54, 1.807) is 53.6 Å². The minimum atomic E-state index is -3.85. The van der Waals surface area contributed by atoms with E-state index in [-0.39, 0.29) is 4.90 Å². The fraction of sp³-hybridized carbons (Fsp3) is 0.174. The standard InChI is InChI=1S/C23H21N5O3S/c1-4-27-13-18(12-25-27)20-14-28(32(29,30)19-8-6-5-7-9-19)21-10-17(11-24-23(20)21)22-15(2)26-31-16(22)3/h5-14H,4H2,1-3H3. The van der Waals surface area contributed by atoms with Crippen LogP contribution in [0.15, 0.2) is 70.6 Å². The zero-order valence-electron chi connectivity index (χ0n) is 17.8. The van der Waals surface area contributed by atoms with E-state index in [1.165, 1.54) is 3.97 Å². The summed E-state index contributed by atoms with van der Waals surface area (Å²) >= 11 is 0. The molecule has 0 amide bonds. The number of rotatable bonds is 5. The molecular weight excluding hydrogens is 426 g/mol. The maximum absolute atomic E-state index is 13.6. The van der Waals surface area contributed by atoms with Crippen molar-refractivity contribution < 1.29 is 12.9 Å². The minimum Gasteiger partial charge on any atom is -0.361 e. The molecule has 5 aromatic rings. The van der Waals surface area contributed by atoms with Gasteiger partial charge in [-0.05, 0) is 39.0 Å². The third-order valence-electron chi connectivity index (χ3n) is 5.50. The van der Waals surface area contributed by atoms with Crippen LogP contribution in [-0.4, -0.2) is 32.3 Å². The van der Waals surface area contributed by atoms with Crippen molar-refractivity contribution in [3.05, 3.63) is 72.6 Å². The predicted molar refractivity (Wildman–Crippen MR) is 121 cm³/mol. The molecule has 0 unspecified atom stereocenters. The number of aryl methyl sites for hydroxylation is 3. The molecule has 9 heteroatoms. The highest BCUT2D eigenvalue weighted by atomic mass is 32.2. The number of benzene rings is 1. The third kappa shape index (κ3) is 3.13. The Morgan fingerprint density at radius 1 is 1.03 bits per heavy atom. The van der Waals surface area contributed by atoms with E-state index in [2.05, 4.69) is 15.2 Å². The van der Waals surface area contributed by atoms with Gasteiger partial charge in [0.15, 0.2) is 0 Å². The monoisotopic (exact) mass is 447 g/mol. The van der Waals surface area contributed by atoms with E-state index in [0.717, 1.165) is 22.4 Å². The van der Waals surface area contributed by atoms with Gasteiger partial charge in [-0.15, -0.1) is 0 Å². The number of hydrogen-bond donors (Lipinski definition) is 0. The average Bonchev–Trinajstić information content (AvgIpc) is 3.51. The number of aromatic nitrogens is 5. The van der Waals surface area contributed by atoms with Crippen LogP contribution in [0.5, 0.6) is 0 Å². The first-order valence-electron chi connectivity index (χ1n) is 10.2. The molecule has 0 fully saturated rings. The van der Waals surface area contributed by atoms with Crippen molar-refractivity contribution in [1.29, 1.82) is 0 Å². The molecule has 0 saturated heterocycles. The van der Waals surface area contributed by atoms with Crippen LogP contribution in [0.1, 0.15) is 18.4 Å². The molecule has 0 aliphatic heterocycles. The van der Waals surface area contributed by atoms with Crippen molar-refractivity contribution in [3.8, 4) is 22.3 Å².